The lowest BCUT2D eigenvalue weighted by Gasteiger charge is -2.28. The van der Waals surface area contributed by atoms with Crippen LogP contribution in [0.1, 0.15) is 25.8 Å². The van der Waals surface area contributed by atoms with Gasteiger partial charge in [0.15, 0.2) is 0 Å². The van der Waals surface area contributed by atoms with Gasteiger partial charge in [0.2, 0.25) is 0 Å². The number of rotatable bonds is 6. The van der Waals surface area contributed by atoms with Gasteiger partial charge in [-0.3, -0.25) is 11.3 Å². The summed E-state index contributed by atoms with van der Waals surface area (Å²) in [6.45, 7) is 4.17. The lowest BCUT2D eigenvalue weighted by Crippen LogP contribution is -2.42. The molecule has 2 aromatic rings. The third-order valence-corrected chi connectivity index (χ3v) is 4.57. The molecule has 0 bridgehead atoms. The van der Waals surface area contributed by atoms with Crippen LogP contribution in [-0.4, -0.2) is 18.8 Å². The Balaban J connectivity index is 2.14. The predicted molar refractivity (Wildman–Crippen MR) is 82.3 cm³/mol. The molecule has 1 atom stereocenters. The van der Waals surface area contributed by atoms with Gasteiger partial charge >= 0.3 is 0 Å². The van der Waals surface area contributed by atoms with E-state index in [1.54, 1.807) is 18.4 Å². The van der Waals surface area contributed by atoms with Crippen LogP contribution in [-0.2, 0) is 11.2 Å². The van der Waals surface area contributed by atoms with Gasteiger partial charge in [-0.15, -0.1) is 11.3 Å². The van der Waals surface area contributed by atoms with Crippen molar-refractivity contribution in [1.82, 2.24) is 5.43 Å². The molecule has 0 saturated carbocycles. The molecule has 104 valence electrons. The van der Waals surface area contributed by atoms with Crippen molar-refractivity contribution in [3.63, 3.8) is 0 Å². The Hall–Kier alpha value is -0.940. The van der Waals surface area contributed by atoms with E-state index >= 15 is 0 Å². The molecule has 0 fully saturated rings. The largest absolute Gasteiger partial charge is 0.379 e. The fourth-order valence-corrected chi connectivity index (χ4v) is 3.30. The van der Waals surface area contributed by atoms with Crippen molar-refractivity contribution in [1.29, 1.82) is 0 Å². The number of ether oxygens (including phenoxy) is 1. The van der Waals surface area contributed by atoms with Crippen LogP contribution in [0.2, 0.25) is 0 Å². The monoisotopic (exact) mass is 278 g/mol. The fourth-order valence-electron chi connectivity index (χ4n) is 2.32. The van der Waals surface area contributed by atoms with Gasteiger partial charge in [-0.05, 0) is 49.1 Å². The number of thiophene rings is 1. The van der Waals surface area contributed by atoms with Gasteiger partial charge < -0.3 is 4.74 Å². The summed E-state index contributed by atoms with van der Waals surface area (Å²) < 4.78 is 6.82. The summed E-state index contributed by atoms with van der Waals surface area (Å²) in [6.07, 6.45) is 1.80. The first-order valence-electron chi connectivity index (χ1n) is 6.52. The summed E-state index contributed by atoms with van der Waals surface area (Å²) in [5.74, 6) is 5.69. The van der Waals surface area contributed by atoms with Crippen molar-refractivity contribution < 1.29 is 4.74 Å². The molecule has 0 amide bonds. The molecule has 1 unspecified atom stereocenters. The van der Waals surface area contributed by atoms with E-state index in [-0.39, 0.29) is 11.6 Å². The van der Waals surface area contributed by atoms with Crippen molar-refractivity contribution in [3.05, 3.63) is 35.2 Å². The van der Waals surface area contributed by atoms with E-state index in [9.17, 15) is 0 Å². The molecule has 1 aromatic carbocycles. The molecule has 3 N–H and O–H groups in total. The van der Waals surface area contributed by atoms with E-state index in [2.05, 4.69) is 48.9 Å². The number of hydrogen-bond acceptors (Lipinski definition) is 4. The number of methoxy groups -OCH3 is 1. The minimum absolute atomic E-state index is 0.164. The van der Waals surface area contributed by atoms with E-state index < -0.39 is 0 Å². The molecule has 1 heterocycles. The SMILES string of the molecule is COC(C)(C)CC(Cc1csc2ccccc12)NN. The number of benzene rings is 1. The summed E-state index contributed by atoms with van der Waals surface area (Å²) in [4.78, 5) is 0. The van der Waals surface area contributed by atoms with Gasteiger partial charge in [-0.2, -0.15) is 0 Å². The summed E-state index contributed by atoms with van der Waals surface area (Å²) in [7, 11) is 1.74. The summed E-state index contributed by atoms with van der Waals surface area (Å²) in [5.41, 5.74) is 4.11. The van der Waals surface area contributed by atoms with E-state index in [0.717, 1.165) is 12.8 Å². The highest BCUT2D eigenvalue weighted by atomic mass is 32.1. The third kappa shape index (κ3) is 3.54. The van der Waals surface area contributed by atoms with Crippen LogP contribution < -0.4 is 11.3 Å². The Morgan fingerprint density at radius 3 is 2.79 bits per heavy atom. The predicted octanol–water partition coefficient (Wildman–Crippen LogP) is 3.09. The zero-order chi connectivity index (χ0) is 13.9. The molecule has 0 aliphatic carbocycles. The topological polar surface area (TPSA) is 47.3 Å². The Labute approximate surface area is 118 Å². The Morgan fingerprint density at radius 1 is 1.37 bits per heavy atom. The first-order chi connectivity index (χ1) is 9.05. The van der Waals surface area contributed by atoms with Crippen molar-refractivity contribution >= 4 is 21.4 Å². The maximum Gasteiger partial charge on any atom is 0.0638 e. The van der Waals surface area contributed by atoms with Crippen LogP contribution in [0.25, 0.3) is 10.1 Å². The van der Waals surface area contributed by atoms with E-state index in [0.29, 0.717) is 0 Å². The van der Waals surface area contributed by atoms with Crippen molar-refractivity contribution in [3.8, 4) is 0 Å². The highest BCUT2D eigenvalue weighted by molar-refractivity contribution is 7.17. The highest BCUT2D eigenvalue weighted by Crippen LogP contribution is 2.28. The summed E-state index contributed by atoms with van der Waals surface area (Å²) in [6, 6.07) is 8.72. The van der Waals surface area contributed by atoms with Gasteiger partial charge in [0.25, 0.3) is 0 Å². The Kier molecular flexibility index (Phi) is 4.58. The average molecular weight is 278 g/mol. The lowest BCUT2D eigenvalue weighted by atomic mass is 9.94. The molecule has 19 heavy (non-hydrogen) atoms. The fraction of sp³-hybridized carbons (Fsp3) is 0.467. The Morgan fingerprint density at radius 2 is 2.11 bits per heavy atom. The molecular formula is C15H22N2OS. The molecule has 0 radical (unpaired) electrons. The lowest BCUT2D eigenvalue weighted by molar-refractivity contribution is 0.00714. The zero-order valence-corrected chi connectivity index (χ0v) is 12.6. The molecule has 0 saturated heterocycles. The second-order valence-electron chi connectivity index (χ2n) is 5.49. The second-order valence-corrected chi connectivity index (χ2v) is 6.40. The number of nitrogens with one attached hydrogen (secondary N) is 1. The molecule has 0 aliphatic heterocycles. The zero-order valence-electron chi connectivity index (χ0n) is 11.8. The number of hydrazine groups is 1. The van der Waals surface area contributed by atoms with Crippen LogP contribution in [0, 0.1) is 0 Å². The molecule has 0 aliphatic rings. The van der Waals surface area contributed by atoms with Gasteiger partial charge in [0.1, 0.15) is 0 Å². The molecule has 2 rings (SSSR count). The number of fused-ring (bicyclic) bond motifs is 1. The van der Waals surface area contributed by atoms with Crippen LogP contribution in [0.3, 0.4) is 0 Å². The maximum absolute atomic E-state index is 5.69. The van der Waals surface area contributed by atoms with E-state index in [1.165, 1.54) is 15.6 Å². The standard InChI is InChI=1S/C15H22N2OS/c1-15(2,18-3)9-12(17-16)8-11-10-19-14-7-5-4-6-13(11)14/h4-7,10,12,17H,8-9,16H2,1-3H3. The maximum atomic E-state index is 5.69. The minimum Gasteiger partial charge on any atom is -0.379 e. The normalized spacial score (nSPS) is 13.9. The summed E-state index contributed by atoms with van der Waals surface area (Å²) >= 11 is 1.79. The number of hydrogen-bond donors (Lipinski definition) is 2. The first-order valence-corrected chi connectivity index (χ1v) is 7.40. The van der Waals surface area contributed by atoms with Crippen molar-refractivity contribution in [2.45, 2.75) is 38.3 Å². The summed E-state index contributed by atoms with van der Waals surface area (Å²) in [5, 5.41) is 3.57. The molecule has 0 spiro atoms. The van der Waals surface area contributed by atoms with Crippen LogP contribution in [0.15, 0.2) is 29.6 Å². The van der Waals surface area contributed by atoms with Gasteiger partial charge in [0, 0.05) is 17.9 Å². The van der Waals surface area contributed by atoms with Gasteiger partial charge in [-0.1, -0.05) is 18.2 Å². The third-order valence-electron chi connectivity index (χ3n) is 3.55. The van der Waals surface area contributed by atoms with Gasteiger partial charge in [-0.25, -0.2) is 0 Å². The molecule has 3 nitrogen and oxygen atoms in total. The Bertz CT molecular complexity index is 536. The van der Waals surface area contributed by atoms with Crippen LogP contribution >= 0.6 is 11.3 Å². The van der Waals surface area contributed by atoms with Crippen molar-refractivity contribution in [2.24, 2.45) is 5.84 Å². The first kappa shape index (κ1) is 14.5. The minimum atomic E-state index is -0.164. The molecule has 4 heteroatoms. The highest BCUT2D eigenvalue weighted by Gasteiger charge is 2.23. The quantitative estimate of drug-likeness (QED) is 0.630. The van der Waals surface area contributed by atoms with E-state index in [1.807, 2.05) is 0 Å². The van der Waals surface area contributed by atoms with Crippen LogP contribution in [0.5, 0.6) is 0 Å². The molecule has 1 aromatic heterocycles. The number of nitrogens with two attached hydrogens (primary N) is 1. The van der Waals surface area contributed by atoms with Crippen molar-refractivity contribution in [2.75, 3.05) is 7.11 Å². The second kappa shape index (κ2) is 6.01. The van der Waals surface area contributed by atoms with E-state index in [4.69, 9.17) is 10.6 Å². The average Bonchev–Trinajstić information content (AvgIpc) is 2.81. The van der Waals surface area contributed by atoms with Crippen LogP contribution in [0.4, 0.5) is 0 Å². The molecular weight excluding hydrogens is 256 g/mol. The smallest absolute Gasteiger partial charge is 0.0638 e. The van der Waals surface area contributed by atoms with Gasteiger partial charge in [0.05, 0.1) is 5.60 Å².